The van der Waals surface area contributed by atoms with Crippen LogP contribution in [0.15, 0.2) is 29.3 Å². The summed E-state index contributed by atoms with van der Waals surface area (Å²) in [6, 6.07) is 5.52. The lowest BCUT2D eigenvalue weighted by molar-refractivity contribution is -0.137. The van der Waals surface area contributed by atoms with E-state index in [1.165, 1.54) is 12.1 Å². The van der Waals surface area contributed by atoms with Crippen molar-refractivity contribution in [3.05, 3.63) is 52.3 Å². The van der Waals surface area contributed by atoms with Crippen molar-refractivity contribution in [1.29, 1.82) is 0 Å². The maximum atomic E-state index is 12.9. The zero-order chi connectivity index (χ0) is 23.0. The normalized spacial score (nSPS) is 13.4. The second-order valence-corrected chi connectivity index (χ2v) is 7.53. The fraction of sp³-hybridized carbons (Fsp3) is 0.545. The molecular weight excluding hydrogens is 407 g/mol. The molecule has 172 valence electrons. The zero-order valence-electron chi connectivity index (χ0n) is 18.8. The molecule has 9 heteroatoms. The smallest absolute Gasteiger partial charge is 0.383 e. The Morgan fingerprint density at radius 2 is 2.00 bits per heavy atom. The molecule has 6 nitrogen and oxygen atoms in total. The molecule has 1 atom stereocenters. The molecule has 0 radical (unpaired) electrons. The number of benzene rings is 1. The molecule has 1 heterocycles. The first kappa shape index (κ1) is 24.7. The molecule has 2 aromatic rings. The van der Waals surface area contributed by atoms with Gasteiger partial charge in [0.15, 0.2) is 5.96 Å². The van der Waals surface area contributed by atoms with Crippen LogP contribution in [0.4, 0.5) is 13.2 Å². The average molecular weight is 440 g/mol. The molecule has 2 rings (SSSR count). The molecule has 0 amide bonds. The highest BCUT2D eigenvalue weighted by molar-refractivity contribution is 5.79. The van der Waals surface area contributed by atoms with Gasteiger partial charge in [0.25, 0.3) is 0 Å². The van der Waals surface area contributed by atoms with Crippen molar-refractivity contribution >= 4 is 5.96 Å². The largest absolute Gasteiger partial charge is 0.416 e. The fourth-order valence-corrected chi connectivity index (χ4v) is 3.37. The van der Waals surface area contributed by atoms with Gasteiger partial charge in [0.2, 0.25) is 0 Å². The van der Waals surface area contributed by atoms with Crippen LogP contribution in [0.3, 0.4) is 0 Å². The number of ether oxygens (including phenoxy) is 1. The number of rotatable bonds is 9. The first-order valence-electron chi connectivity index (χ1n) is 10.3. The molecule has 0 aliphatic rings. The van der Waals surface area contributed by atoms with E-state index in [1.54, 1.807) is 20.2 Å². The van der Waals surface area contributed by atoms with Gasteiger partial charge in [0, 0.05) is 38.5 Å². The number of guanidine groups is 1. The third-order valence-electron chi connectivity index (χ3n) is 5.35. The van der Waals surface area contributed by atoms with Crippen LogP contribution in [0.2, 0.25) is 0 Å². The van der Waals surface area contributed by atoms with Crippen LogP contribution in [0, 0.1) is 13.8 Å². The zero-order valence-corrected chi connectivity index (χ0v) is 18.8. The number of aliphatic imine (C=N–C) groups is 1. The molecule has 0 saturated carbocycles. The Bertz CT molecular complexity index is 877. The highest BCUT2D eigenvalue weighted by Gasteiger charge is 2.30. The molecule has 0 aliphatic carbocycles. The number of nitrogens with one attached hydrogen (secondary N) is 2. The van der Waals surface area contributed by atoms with Gasteiger partial charge in [-0.2, -0.15) is 18.3 Å². The van der Waals surface area contributed by atoms with E-state index in [2.05, 4.69) is 20.7 Å². The first-order valence-corrected chi connectivity index (χ1v) is 10.3. The summed E-state index contributed by atoms with van der Waals surface area (Å²) < 4.78 is 45.8. The van der Waals surface area contributed by atoms with Crippen LogP contribution in [0.25, 0.3) is 0 Å². The van der Waals surface area contributed by atoms with E-state index in [4.69, 9.17) is 4.74 Å². The third kappa shape index (κ3) is 6.99. The van der Waals surface area contributed by atoms with Crippen molar-refractivity contribution in [3.63, 3.8) is 0 Å². The van der Waals surface area contributed by atoms with E-state index in [0.717, 1.165) is 23.0 Å². The number of nitrogens with zero attached hydrogens (tertiary/aromatic N) is 3. The van der Waals surface area contributed by atoms with Crippen molar-refractivity contribution in [2.24, 2.45) is 4.99 Å². The number of methoxy groups -OCH3 is 1. The van der Waals surface area contributed by atoms with Crippen molar-refractivity contribution in [1.82, 2.24) is 20.4 Å². The van der Waals surface area contributed by atoms with Gasteiger partial charge in [-0.3, -0.25) is 9.67 Å². The van der Waals surface area contributed by atoms with E-state index in [1.807, 2.05) is 25.5 Å². The highest BCUT2D eigenvalue weighted by atomic mass is 19.4. The Morgan fingerprint density at radius 1 is 1.26 bits per heavy atom. The molecule has 31 heavy (non-hydrogen) atoms. The van der Waals surface area contributed by atoms with Crippen molar-refractivity contribution in [3.8, 4) is 0 Å². The second-order valence-electron chi connectivity index (χ2n) is 7.53. The lowest BCUT2D eigenvalue weighted by Crippen LogP contribution is -2.37. The Labute approximate surface area is 181 Å². The van der Waals surface area contributed by atoms with Crippen LogP contribution in [-0.2, 0) is 24.0 Å². The average Bonchev–Trinajstić information content (AvgIpc) is 3.01. The second kappa shape index (κ2) is 11.2. The third-order valence-corrected chi connectivity index (χ3v) is 5.35. The lowest BCUT2D eigenvalue weighted by Gasteiger charge is -2.16. The maximum Gasteiger partial charge on any atom is 0.416 e. The number of hydrogen-bond acceptors (Lipinski definition) is 3. The van der Waals surface area contributed by atoms with Crippen LogP contribution >= 0.6 is 0 Å². The summed E-state index contributed by atoms with van der Waals surface area (Å²) in [4.78, 5) is 4.23. The standard InChI is InChI=1S/C22H32F3N5O/c1-15(18-7-6-8-19(13-18)22(23,24)25)9-10-27-21(26-4)28-14-20-16(2)29-30(17(20)3)11-12-31-5/h6-8,13,15H,9-12,14H2,1-5H3,(H2,26,27,28). The van der Waals surface area contributed by atoms with Crippen LogP contribution < -0.4 is 10.6 Å². The Hall–Kier alpha value is -2.55. The van der Waals surface area contributed by atoms with E-state index in [-0.39, 0.29) is 5.92 Å². The van der Waals surface area contributed by atoms with Crippen LogP contribution in [0.5, 0.6) is 0 Å². The SMILES string of the molecule is CN=C(NCCC(C)c1cccc(C(F)(F)F)c1)NCc1c(C)nn(CCOC)c1C. The number of alkyl halides is 3. The van der Waals surface area contributed by atoms with Gasteiger partial charge in [-0.25, -0.2) is 0 Å². The molecule has 0 fully saturated rings. The Kier molecular flexibility index (Phi) is 8.91. The van der Waals surface area contributed by atoms with E-state index in [9.17, 15) is 13.2 Å². The van der Waals surface area contributed by atoms with Crippen molar-refractivity contribution in [2.45, 2.75) is 52.4 Å². The molecule has 0 aliphatic heterocycles. The van der Waals surface area contributed by atoms with Gasteiger partial charge in [0.1, 0.15) is 0 Å². The van der Waals surface area contributed by atoms with Gasteiger partial charge >= 0.3 is 6.18 Å². The number of halogens is 3. The number of aromatic nitrogens is 2. The molecule has 0 saturated heterocycles. The van der Waals surface area contributed by atoms with Gasteiger partial charge in [-0.05, 0) is 37.8 Å². The molecular formula is C22H32F3N5O. The summed E-state index contributed by atoms with van der Waals surface area (Å²) in [5.41, 5.74) is 3.20. The van der Waals surface area contributed by atoms with Crippen LogP contribution in [-0.4, -0.2) is 43.0 Å². The van der Waals surface area contributed by atoms with Crippen LogP contribution in [0.1, 0.15) is 47.3 Å². The number of aryl methyl sites for hydroxylation is 1. The topological polar surface area (TPSA) is 63.5 Å². The van der Waals surface area contributed by atoms with Gasteiger partial charge in [-0.1, -0.05) is 25.1 Å². The minimum absolute atomic E-state index is 0.0172. The predicted octanol–water partition coefficient (Wildman–Crippen LogP) is 4.02. The summed E-state index contributed by atoms with van der Waals surface area (Å²) >= 11 is 0. The first-order chi connectivity index (χ1) is 14.7. The van der Waals surface area contributed by atoms with Crippen molar-refractivity contribution < 1.29 is 17.9 Å². The number of hydrogen-bond donors (Lipinski definition) is 2. The Balaban J connectivity index is 1.88. The summed E-state index contributed by atoms with van der Waals surface area (Å²) in [5, 5.41) is 11.1. The van der Waals surface area contributed by atoms with E-state index < -0.39 is 11.7 Å². The van der Waals surface area contributed by atoms with Crippen molar-refractivity contribution in [2.75, 3.05) is 27.3 Å². The summed E-state index contributed by atoms with van der Waals surface area (Å²) in [6.45, 7) is 8.38. The molecule has 1 aromatic carbocycles. The molecule has 0 spiro atoms. The summed E-state index contributed by atoms with van der Waals surface area (Å²) in [5.74, 6) is 0.621. The van der Waals surface area contributed by atoms with Gasteiger partial charge in [-0.15, -0.1) is 0 Å². The van der Waals surface area contributed by atoms with Gasteiger partial charge in [0.05, 0.1) is 24.4 Å². The molecule has 2 N–H and O–H groups in total. The van der Waals surface area contributed by atoms with E-state index >= 15 is 0 Å². The fourth-order valence-electron chi connectivity index (χ4n) is 3.37. The lowest BCUT2D eigenvalue weighted by atomic mass is 9.96. The summed E-state index contributed by atoms with van der Waals surface area (Å²) in [7, 11) is 3.35. The minimum atomic E-state index is -4.33. The predicted molar refractivity (Wildman–Crippen MR) is 116 cm³/mol. The monoisotopic (exact) mass is 439 g/mol. The van der Waals surface area contributed by atoms with Gasteiger partial charge < -0.3 is 15.4 Å². The highest BCUT2D eigenvalue weighted by Crippen LogP contribution is 2.31. The Morgan fingerprint density at radius 3 is 2.65 bits per heavy atom. The summed E-state index contributed by atoms with van der Waals surface area (Å²) in [6.07, 6.45) is -3.65. The van der Waals surface area contributed by atoms with E-state index in [0.29, 0.717) is 44.2 Å². The molecule has 1 aromatic heterocycles. The molecule has 1 unspecified atom stereocenters. The minimum Gasteiger partial charge on any atom is -0.383 e. The maximum absolute atomic E-state index is 12.9. The molecule has 0 bridgehead atoms. The quantitative estimate of drug-likeness (QED) is 0.458.